The Bertz CT molecular complexity index is 1100. The van der Waals surface area contributed by atoms with Crippen LogP contribution in [-0.4, -0.2) is 42.5 Å². The highest BCUT2D eigenvalue weighted by atomic mass is 16.5. The number of ether oxygens (including phenoxy) is 1. The molecule has 2 N–H and O–H groups in total. The molecule has 2 aromatic carbocycles. The summed E-state index contributed by atoms with van der Waals surface area (Å²) >= 11 is 0. The zero-order chi connectivity index (χ0) is 25.8. The van der Waals surface area contributed by atoms with Crippen LogP contribution in [0.4, 0.5) is 0 Å². The summed E-state index contributed by atoms with van der Waals surface area (Å²) in [4.78, 5) is 29.4. The number of carbonyl (C=O) groups is 2. The van der Waals surface area contributed by atoms with Crippen molar-refractivity contribution in [1.82, 2.24) is 15.5 Å². The third-order valence-corrected chi connectivity index (χ3v) is 8.39. The number of rotatable bonds is 9. The standard InChI is InChI=1S/C31H41N3O3/c1-3-4-5-9-17-37-24-18-23-14-16-34-28(20-27-25(31(34)36)13-10-15-32-27)29(23)26(19-24)30(35)33-21(2)22-11-7-6-8-12-22/h6-8,11-12,18-19,21,25,27-28,32H,3-5,9-10,13-17,20H2,1-2H3,(H,33,35)/t21-,25+,27+,28-/m1/s1. The van der Waals surface area contributed by atoms with Gasteiger partial charge in [0.05, 0.1) is 24.6 Å². The first-order chi connectivity index (χ1) is 18.1. The number of benzene rings is 2. The number of amides is 2. The van der Waals surface area contributed by atoms with Gasteiger partial charge in [0.25, 0.3) is 5.91 Å². The minimum absolute atomic E-state index is 0.0626. The molecule has 0 aromatic heterocycles. The van der Waals surface area contributed by atoms with Crippen LogP contribution in [0.2, 0.25) is 0 Å². The number of hydrogen-bond donors (Lipinski definition) is 2. The molecule has 4 atom stereocenters. The van der Waals surface area contributed by atoms with E-state index in [1.807, 2.05) is 43.3 Å². The fraction of sp³-hybridized carbons (Fsp3) is 0.548. The summed E-state index contributed by atoms with van der Waals surface area (Å²) in [5.41, 5.74) is 3.88. The van der Waals surface area contributed by atoms with Crippen LogP contribution < -0.4 is 15.4 Å². The number of unbranched alkanes of at least 4 members (excludes halogenated alkanes) is 3. The molecule has 5 rings (SSSR count). The molecule has 3 aliphatic heterocycles. The van der Waals surface area contributed by atoms with Crippen LogP contribution >= 0.6 is 0 Å². The van der Waals surface area contributed by atoms with E-state index in [-0.39, 0.29) is 35.9 Å². The first-order valence-electron chi connectivity index (χ1n) is 14.3. The molecule has 3 heterocycles. The number of nitrogens with one attached hydrogen (secondary N) is 2. The maximum atomic E-state index is 13.8. The lowest BCUT2D eigenvalue weighted by Crippen LogP contribution is -2.58. The zero-order valence-electron chi connectivity index (χ0n) is 22.3. The molecular formula is C31H41N3O3. The van der Waals surface area contributed by atoms with E-state index in [2.05, 4.69) is 28.5 Å². The van der Waals surface area contributed by atoms with E-state index in [0.29, 0.717) is 18.7 Å². The summed E-state index contributed by atoms with van der Waals surface area (Å²) in [5, 5.41) is 6.82. The first-order valence-corrected chi connectivity index (χ1v) is 14.3. The number of fused-ring (bicyclic) bond motifs is 4. The van der Waals surface area contributed by atoms with Crippen molar-refractivity contribution in [2.75, 3.05) is 19.7 Å². The number of piperidine rings is 2. The van der Waals surface area contributed by atoms with Gasteiger partial charge in [0.1, 0.15) is 5.75 Å². The topological polar surface area (TPSA) is 70.7 Å². The molecule has 0 radical (unpaired) electrons. The van der Waals surface area contributed by atoms with Gasteiger partial charge in [0, 0.05) is 18.2 Å². The average Bonchev–Trinajstić information content (AvgIpc) is 2.93. The fourth-order valence-electron chi connectivity index (χ4n) is 6.38. The lowest BCUT2D eigenvalue weighted by atomic mass is 9.75. The minimum atomic E-state index is -0.125. The van der Waals surface area contributed by atoms with E-state index in [9.17, 15) is 9.59 Å². The summed E-state index contributed by atoms with van der Waals surface area (Å²) in [6.45, 7) is 6.54. The van der Waals surface area contributed by atoms with Gasteiger partial charge in [-0.25, -0.2) is 0 Å². The quantitative estimate of drug-likeness (QED) is 0.454. The summed E-state index contributed by atoms with van der Waals surface area (Å²) in [7, 11) is 0. The van der Waals surface area contributed by atoms with Gasteiger partial charge in [-0.15, -0.1) is 0 Å². The van der Waals surface area contributed by atoms with Gasteiger partial charge < -0.3 is 20.3 Å². The van der Waals surface area contributed by atoms with E-state index in [1.165, 1.54) is 12.8 Å². The van der Waals surface area contributed by atoms with E-state index >= 15 is 0 Å². The highest BCUT2D eigenvalue weighted by Gasteiger charge is 2.46. The molecule has 0 unspecified atom stereocenters. The van der Waals surface area contributed by atoms with Crippen molar-refractivity contribution in [3.8, 4) is 5.75 Å². The Balaban J connectivity index is 1.45. The predicted molar refractivity (Wildman–Crippen MR) is 146 cm³/mol. The lowest BCUT2D eigenvalue weighted by molar-refractivity contribution is -0.145. The van der Waals surface area contributed by atoms with Crippen LogP contribution in [0.3, 0.4) is 0 Å². The third-order valence-electron chi connectivity index (χ3n) is 8.39. The molecule has 6 nitrogen and oxygen atoms in total. The molecule has 0 saturated carbocycles. The second-order valence-corrected chi connectivity index (χ2v) is 10.9. The summed E-state index contributed by atoms with van der Waals surface area (Å²) < 4.78 is 6.17. The Hall–Kier alpha value is -2.86. The van der Waals surface area contributed by atoms with Crippen LogP contribution in [0.5, 0.6) is 5.75 Å². The van der Waals surface area contributed by atoms with Gasteiger partial charge in [-0.3, -0.25) is 9.59 Å². The first kappa shape index (κ1) is 25.8. The van der Waals surface area contributed by atoms with Crippen LogP contribution in [-0.2, 0) is 11.2 Å². The van der Waals surface area contributed by atoms with Gasteiger partial charge >= 0.3 is 0 Å². The highest BCUT2D eigenvalue weighted by molar-refractivity contribution is 5.97. The second kappa shape index (κ2) is 11.7. The number of hydrogen-bond acceptors (Lipinski definition) is 4. The number of nitrogens with zero attached hydrogens (tertiary/aromatic N) is 1. The van der Waals surface area contributed by atoms with Crippen molar-refractivity contribution < 1.29 is 14.3 Å². The smallest absolute Gasteiger partial charge is 0.252 e. The van der Waals surface area contributed by atoms with Crippen LogP contribution in [0.1, 0.15) is 97.9 Å². The zero-order valence-corrected chi connectivity index (χ0v) is 22.3. The largest absolute Gasteiger partial charge is 0.494 e. The lowest BCUT2D eigenvalue weighted by Gasteiger charge is -2.48. The molecule has 3 aliphatic rings. The molecule has 198 valence electrons. The Morgan fingerprint density at radius 2 is 2.03 bits per heavy atom. The van der Waals surface area contributed by atoms with Crippen molar-refractivity contribution in [3.63, 3.8) is 0 Å². The maximum Gasteiger partial charge on any atom is 0.252 e. The van der Waals surface area contributed by atoms with Crippen molar-refractivity contribution in [2.24, 2.45) is 5.92 Å². The molecule has 2 saturated heterocycles. The monoisotopic (exact) mass is 503 g/mol. The Kier molecular flexibility index (Phi) is 8.14. The molecule has 37 heavy (non-hydrogen) atoms. The summed E-state index contributed by atoms with van der Waals surface area (Å²) in [6.07, 6.45) is 8.18. The van der Waals surface area contributed by atoms with Gasteiger partial charge in [-0.2, -0.15) is 0 Å². The molecular weight excluding hydrogens is 462 g/mol. The molecule has 2 amide bonds. The molecule has 0 bridgehead atoms. The van der Waals surface area contributed by atoms with Crippen LogP contribution in [0.15, 0.2) is 42.5 Å². The maximum absolute atomic E-state index is 13.8. The fourth-order valence-corrected chi connectivity index (χ4v) is 6.38. The van der Waals surface area contributed by atoms with Gasteiger partial charge in [0.15, 0.2) is 0 Å². The van der Waals surface area contributed by atoms with Gasteiger partial charge in [-0.05, 0) is 74.4 Å². The predicted octanol–water partition coefficient (Wildman–Crippen LogP) is 5.33. The molecule has 0 aliphatic carbocycles. The second-order valence-electron chi connectivity index (χ2n) is 10.9. The van der Waals surface area contributed by atoms with E-state index in [1.54, 1.807) is 0 Å². The summed E-state index contributed by atoms with van der Waals surface area (Å²) in [6, 6.07) is 14.1. The van der Waals surface area contributed by atoms with Crippen molar-refractivity contribution >= 4 is 11.8 Å². The van der Waals surface area contributed by atoms with E-state index < -0.39 is 0 Å². The minimum Gasteiger partial charge on any atom is -0.494 e. The van der Waals surface area contributed by atoms with Crippen LogP contribution in [0, 0.1) is 5.92 Å². The molecule has 0 spiro atoms. The van der Waals surface area contributed by atoms with Gasteiger partial charge in [-0.1, -0.05) is 56.5 Å². The van der Waals surface area contributed by atoms with Crippen molar-refractivity contribution in [1.29, 1.82) is 0 Å². The number of carbonyl (C=O) groups excluding carboxylic acids is 2. The summed E-state index contributed by atoms with van der Waals surface area (Å²) in [5.74, 6) is 0.973. The SMILES string of the molecule is CCCCCCOc1cc2c(c(C(=O)N[C@H](C)c3ccccc3)c1)[C@H]1C[C@@H]3NCCC[C@@H]3C(=O)N1CC2. The molecule has 2 aromatic rings. The molecule has 2 fully saturated rings. The van der Waals surface area contributed by atoms with E-state index in [0.717, 1.165) is 67.5 Å². The Morgan fingerprint density at radius 1 is 1.19 bits per heavy atom. The van der Waals surface area contributed by atoms with Crippen molar-refractivity contribution in [3.05, 3.63) is 64.7 Å². The Morgan fingerprint density at radius 3 is 2.84 bits per heavy atom. The average molecular weight is 504 g/mol. The normalized spacial score (nSPS) is 23.5. The third kappa shape index (κ3) is 5.54. The van der Waals surface area contributed by atoms with E-state index in [4.69, 9.17) is 4.74 Å². The van der Waals surface area contributed by atoms with Gasteiger partial charge in [0.2, 0.25) is 5.91 Å². The van der Waals surface area contributed by atoms with Crippen molar-refractivity contribution in [2.45, 2.75) is 83.3 Å². The molecule has 6 heteroatoms. The highest BCUT2D eigenvalue weighted by Crippen LogP contribution is 2.44. The Labute approximate surface area is 221 Å². The van der Waals surface area contributed by atoms with Crippen LogP contribution in [0.25, 0.3) is 0 Å².